The lowest BCUT2D eigenvalue weighted by Crippen LogP contribution is -2.29. The fraction of sp³-hybridized carbons (Fsp3) is 0.417. The predicted octanol–water partition coefficient (Wildman–Crippen LogP) is 0.449. The first-order valence-corrected chi connectivity index (χ1v) is 7.28. The second-order valence-corrected chi connectivity index (χ2v) is 6.53. The summed E-state index contributed by atoms with van der Waals surface area (Å²) in [5, 5.41) is 18.4. The molecule has 7 heteroatoms. The molecule has 0 saturated carbocycles. The summed E-state index contributed by atoms with van der Waals surface area (Å²) in [4.78, 5) is 11.0. The number of carbonyl (C=O) groups is 1. The zero-order valence-electron chi connectivity index (χ0n) is 10.4. The number of nitrogens with zero attached hydrogens (tertiary/aromatic N) is 1. The van der Waals surface area contributed by atoms with Gasteiger partial charge in [-0.05, 0) is 31.0 Å². The van der Waals surface area contributed by atoms with Crippen molar-refractivity contribution in [1.29, 1.82) is 0 Å². The first-order chi connectivity index (χ1) is 8.82. The van der Waals surface area contributed by atoms with Crippen LogP contribution in [-0.2, 0) is 10.0 Å². The molecule has 0 aliphatic carbocycles. The van der Waals surface area contributed by atoms with Gasteiger partial charge in [-0.15, -0.1) is 0 Å². The van der Waals surface area contributed by atoms with E-state index < -0.39 is 22.1 Å². The number of sulfonamides is 1. The summed E-state index contributed by atoms with van der Waals surface area (Å²) in [6, 6.07) is 4.03. The van der Waals surface area contributed by atoms with Crippen LogP contribution < -0.4 is 0 Å². The molecule has 1 aliphatic rings. The molecule has 6 nitrogen and oxygen atoms in total. The number of carboxylic acids is 1. The van der Waals surface area contributed by atoms with E-state index in [-0.39, 0.29) is 23.5 Å². The Labute approximate surface area is 111 Å². The number of aliphatic hydroxyl groups excluding tert-OH is 1. The van der Waals surface area contributed by atoms with Crippen LogP contribution in [0.15, 0.2) is 23.1 Å². The van der Waals surface area contributed by atoms with Gasteiger partial charge < -0.3 is 10.2 Å². The molecule has 1 aliphatic heterocycles. The minimum absolute atomic E-state index is 0.0270. The van der Waals surface area contributed by atoms with Gasteiger partial charge in [0.15, 0.2) is 0 Å². The maximum absolute atomic E-state index is 12.3. The number of hydrogen-bond acceptors (Lipinski definition) is 4. The zero-order chi connectivity index (χ0) is 14.2. The summed E-state index contributed by atoms with van der Waals surface area (Å²) in [6.07, 6.45) is -0.254. The monoisotopic (exact) mass is 285 g/mol. The Morgan fingerprint density at radius 3 is 2.63 bits per heavy atom. The molecule has 1 atom stereocenters. The molecular weight excluding hydrogens is 270 g/mol. The minimum atomic E-state index is -3.73. The van der Waals surface area contributed by atoms with Crippen LogP contribution in [0.25, 0.3) is 0 Å². The Bertz CT molecular complexity index is 611. The quantitative estimate of drug-likeness (QED) is 0.840. The van der Waals surface area contributed by atoms with Crippen LogP contribution in [0, 0.1) is 6.92 Å². The lowest BCUT2D eigenvalue weighted by Gasteiger charge is -2.16. The van der Waals surface area contributed by atoms with Gasteiger partial charge in [0.1, 0.15) is 0 Å². The van der Waals surface area contributed by atoms with Gasteiger partial charge in [0, 0.05) is 13.1 Å². The van der Waals surface area contributed by atoms with Crippen molar-refractivity contribution in [3.63, 3.8) is 0 Å². The van der Waals surface area contributed by atoms with Gasteiger partial charge in [-0.25, -0.2) is 13.2 Å². The number of carboxylic acid groups (broad SMARTS) is 1. The number of β-amino-alcohol motifs (C(OH)–C–C–N with tert-alkyl or cyclic N) is 1. The van der Waals surface area contributed by atoms with E-state index in [0.717, 1.165) is 6.07 Å². The minimum Gasteiger partial charge on any atom is -0.478 e. The molecule has 0 bridgehead atoms. The first kappa shape index (κ1) is 14.0. The van der Waals surface area contributed by atoms with Gasteiger partial charge in [-0.1, -0.05) is 6.07 Å². The average molecular weight is 285 g/mol. The van der Waals surface area contributed by atoms with E-state index in [1.54, 1.807) is 6.92 Å². The summed E-state index contributed by atoms with van der Waals surface area (Å²) in [6.45, 7) is 1.91. The van der Waals surface area contributed by atoms with Crippen LogP contribution >= 0.6 is 0 Å². The smallest absolute Gasteiger partial charge is 0.335 e. The molecule has 2 rings (SSSR count). The maximum atomic E-state index is 12.3. The molecule has 0 amide bonds. The SMILES string of the molecule is Cc1ccc(S(=O)(=O)N2CC[C@H](O)C2)cc1C(=O)O. The van der Waals surface area contributed by atoms with Crippen LogP contribution in [0.5, 0.6) is 0 Å². The highest BCUT2D eigenvalue weighted by atomic mass is 32.2. The van der Waals surface area contributed by atoms with E-state index >= 15 is 0 Å². The predicted molar refractivity (Wildman–Crippen MR) is 67.5 cm³/mol. The second kappa shape index (κ2) is 4.92. The molecule has 0 radical (unpaired) electrons. The number of hydrogen-bond donors (Lipinski definition) is 2. The topological polar surface area (TPSA) is 94.9 Å². The van der Waals surface area contributed by atoms with Crippen molar-refractivity contribution in [3.05, 3.63) is 29.3 Å². The number of aliphatic hydroxyl groups is 1. The second-order valence-electron chi connectivity index (χ2n) is 4.59. The number of rotatable bonds is 3. The summed E-state index contributed by atoms with van der Waals surface area (Å²) in [5.74, 6) is -1.16. The highest BCUT2D eigenvalue weighted by Crippen LogP contribution is 2.23. The fourth-order valence-corrected chi connectivity index (χ4v) is 3.59. The standard InChI is InChI=1S/C12H15NO5S/c1-8-2-3-10(6-11(8)12(15)16)19(17,18)13-5-4-9(14)7-13/h2-3,6,9,14H,4-5,7H2,1H3,(H,15,16)/t9-/m0/s1. The summed E-state index contributed by atoms with van der Waals surface area (Å²) >= 11 is 0. The van der Waals surface area contributed by atoms with Crippen LogP contribution in [-0.4, -0.2) is 48.1 Å². The average Bonchev–Trinajstić information content (AvgIpc) is 2.76. The molecule has 1 fully saturated rings. The zero-order valence-corrected chi connectivity index (χ0v) is 11.2. The van der Waals surface area contributed by atoms with E-state index in [1.165, 1.54) is 16.4 Å². The molecule has 2 N–H and O–H groups in total. The normalized spacial score (nSPS) is 20.6. The molecule has 19 heavy (non-hydrogen) atoms. The molecule has 1 aromatic rings. The molecule has 0 aromatic heterocycles. The molecular formula is C12H15NO5S. The lowest BCUT2D eigenvalue weighted by molar-refractivity contribution is 0.0696. The third-order valence-corrected chi connectivity index (χ3v) is 5.06. The fourth-order valence-electron chi connectivity index (χ4n) is 2.07. The maximum Gasteiger partial charge on any atom is 0.335 e. The Balaban J connectivity index is 2.41. The van der Waals surface area contributed by atoms with Gasteiger partial charge in [0.25, 0.3) is 0 Å². The summed E-state index contributed by atoms with van der Waals surface area (Å²) in [7, 11) is -3.73. The molecule has 0 unspecified atom stereocenters. The lowest BCUT2D eigenvalue weighted by atomic mass is 10.1. The van der Waals surface area contributed by atoms with Crippen molar-refractivity contribution in [2.75, 3.05) is 13.1 Å². The number of benzene rings is 1. The van der Waals surface area contributed by atoms with Crippen molar-refractivity contribution in [2.45, 2.75) is 24.3 Å². The third kappa shape index (κ3) is 2.63. The van der Waals surface area contributed by atoms with Crippen molar-refractivity contribution in [2.24, 2.45) is 0 Å². The molecule has 104 valence electrons. The Morgan fingerprint density at radius 1 is 1.42 bits per heavy atom. The number of aryl methyl sites for hydroxylation is 1. The van der Waals surface area contributed by atoms with E-state index in [9.17, 15) is 18.3 Å². The Hall–Kier alpha value is -1.44. The van der Waals surface area contributed by atoms with E-state index in [0.29, 0.717) is 12.0 Å². The van der Waals surface area contributed by atoms with E-state index in [4.69, 9.17) is 5.11 Å². The van der Waals surface area contributed by atoms with Crippen LogP contribution in [0.2, 0.25) is 0 Å². The third-order valence-electron chi connectivity index (χ3n) is 3.20. The van der Waals surface area contributed by atoms with Gasteiger partial charge in [0.05, 0.1) is 16.6 Å². The molecule has 1 saturated heterocycles. The first-order valence-electron chi connectivity index (χ1n) is 5.84. The van der Waals surface area contributed by atoms with Crippen molar-refractivity contribution >= 4 is 16.0 Å². The van der Waals surface area contributed by atoms with Gasteiger partial charge in [-0.2, -0.15) is 4.31 Å². The van der Waals surface area contributed by atoms with Crippen LogP contribution in [0.3, 0.4) is 0 Å². The highest BCUT2D eigenvalue weighted by Gasteiger charge is 2.32. The van der Waals surface area contributed by atoms with Crippen molar-refractivity contribution < 1.29 is 23.4 Å². The van der Waals surface area contributed by atoms with E-state index in [2.05, 4.69) is 0 Å². The van der Waals surface area contributed by atoms with Gasteiger partial charge >= 0.3 is 5.97 Å². The van der Waals surface area contributed by atoms with Gasteiger partial charge in [0.2, 0.25) is 10.0 Å². The Morgan fingerprint density at radius 2 is 2.11 bits per heavy atom. The largest absolute Gasteiger partial charge is 0.478 e. The van der Waals surface area contributed by atoms with Crippen LogP contribution in [0.1, 0.15) is 22.3 Å². The molecule has 0 spiro atoms. The van der Waals surface area contributed by atoms with E-state index in [1.807, 2.05) is 0 Å². The van der Waals surface area contributed by atoms with Crippen molar-refractivity contribution in [1.82, 2.24) is 4.31 Å². The summed E-state index contributed by atoms with van der Waals surface area (Å²) < 4.78 is 25.8. The van der Waals surface area contributed by atoms with Gasteiger partial charge in [-0.3, -0.25) is 0 Å². The molecule has 1 heterocycles. The summed E-state index contributed by atoms with van der Waals surface area (Å²) in [5.41, 5.74) is 0.480. The Kier molecular flexibility index (Phi) is 3.62. The van der Waals surface area contributed by atoms with Crippen LogP contribution in [0.4, 0.5) is 0 Å². The number of aromatic carboxylic acids is 1. The highest BCUT2D eigenvalue weighted by molar-refractivity contribution is 7.89. The van der Waals surface area contributed by atoms with Crippen molar-refractivity contribution in [3.8, 4) is 0 Å². The molecule has 1 aromatic carbocycles.